The summed E-state index contributed by atoms with van der Waals surface area (Å²) in [5.41, 5.74) is 3.57. The average Bonchev–Trinajstić information content (AvgIpc) is 2.39. The Morgan fingerprint density at radius 1 is 1.11 bits per heavy atom. The maximum atomic E-state index is 6.20. The zero-order valence-electron chi connectivity index (χ0n) is 11.1. The monoisotopic (exact) mass is 293 g/mol. The molecule has 1 N–H and O–H groups in total. The molecule has 3 heteroatoms. The zero-order valence-corrected chi connectivity index (χ0v) is 12.6. The van der Waals surface area contributed by atoms with Crippen LogP contribution in [0, 0.1) is 6.92 Å². The molecule has 2 rings (SSSR count). The Balaban J connectivity index is 2.05. The molecule has 19 heavy (non-hydrogen) atoms. The first-order chi connectivity index (χ1) is 9.06. The Morgan fingerprint density at radius 3 is 2.63 bits per heavy atom. The molecule has 0 aliphatic rings. The molecule has 1 unspecified atom stereocenters. The van der Waals surface area contributed by atoms with Crippen LogP contribution in [-0.4, -0.2) is 0 Å². The lowest BCUT2D eigenvalue weighted by atomic mass is 10.1. The van der Waals surface area contributed by atoms with E-state index in [2.05, 4.69) is 43.4 Å². The van der Waals surface area contributed by atoms with Crippen LogP contribution in [0.1, 0.15) is 29.7 Å². The van der Waals surface area contributed by atoms with Gasteiger partial charge in [0.25, 0.3) is 0 Å². The first-order valence-corrected chi connectivity index (χ1v) is 7.06. The number of rotatable bonds is 4. The number of aryl methyl sites for hydroxylation is 1. The molecule has 1 nitrogen and oxygen atoms in total. The second-order valence-corrected chi connectivity index (χ2v) is 5.60. The average molecular weight is 294 g/mol. The van der Waals surface area contributed by atoms with E-state index in [0.717, 1.165) is 17.1 Å². The molecule has 0 heterocycles. The molecule has 0 bridgehead atoms. The zero-order chi connectivity index (χ0) is 13.8. The van der Waals surface area contributed by atoms with Gasteiger partial charge in [-0.3, -0.25) is 0 Å². The minimum absolute atomic E-state index is 0.159. The van der Waals surface area contributed by atoms with Crippen LogP contribution >= 0.6 is 23.2 Å². The number of benzene rings is 2. The Hall–Kier alpha value is -1.02. The lowest BCUT2D eigenvalue weighted by molar-refractivity contribution is 0.575. The van der Waals surface area contributed by atoms with Gasteiger partial charge in [0, 0.05) is 22.6 Å². The van der Waals surface area contributed by atoms with Crippen molar-refractivity contribution in [3.8, 4) is 0 Å². The topological polar surface area (TPSA) is 12.0 Å². The summed E-state index contributed by atoms with van der Waals surface area (Å²) < 4.78 is 0. The molecule has 2 aromatic rings. The Labute approximate surface area is 124 Å². The lowest BCUT2D eigenvalue weighted by Crippen LogP contribution is -2.18. The van der Waals surface area contributed by atoms with E-state index in [1.54, 1.807) is 6.07 Å². The van der Waals surface area contributed by atoms with E-state index >= 15 is 0 Å². The van der Waals surface area contributed by atoms with Gasteiger partial charge in [-0.15, -0.1) is 0 Å². The van der Waals surface area contributed by atoms with Gasteiger partial charge in [-0.05, 0) is 43.2 Å². The van der Waals surface area contributed by atoms with Gasteiger partial charge < -0.3 is 5.32 Å². The van der Waals surface area contributed by atoms with Crippen LogP contribution in [0.5, 0.6) is 0 Å². The minimum Gasteiger partial charge on any atom is -0.306 e. The number of hydrogen-bond donors (Lipinski definition) is 1. The summed E-state index contributed by atoms with van der Waals surface area (Å²) >= 11 is 12.2. The van der Waals surface area contributed by atoms with Crippen LogP contribution in [0.4, 0.5) is 0 Å². The summed E-state index contributed by atoms with van der Waals surface area (Å²) in [6.07, 6.45) is 0. The van der Waals surface area contributed by atoms with Crippen molar-refractivity contribution >= 4 is 23.2 Å². The quantitative estimate of drug-likeness (QED) is 0.822. The fraction of sp³-hybridized carbons (Fsp3) is 0.250. The van der Waals surface area contributed by atoms with E-state index in [9.17, 15) is 0 Å². The maximum absolute atomic E-state index is 6.20. The van der Waals surface area contributed by atoms with Gasteiger partial charge in [0.1, 0.15) is 0 Å². The molecule has 0 aromatic heterocycles. The fourth-order valence-electron chi connectivity index (χ4n) is 2.05. The molecule has 0 radical (unpaired) electrons. The molecule has 100 valence electrons. The van der Waals surface area contributed by atoms with E-state index in [1.807, 2.05) is 12.1 Å². The van der Waals surface area contributed by atoms with Crippen LogP contribution in [0.15, 0.2) is 42.5 Å². The van der Waals surface area contributed by atoms with Crippen molar-refractivity contribution in [2.24, 2.45) is 0 Å². The molecular weight excluding hydrogens is 277 g/mol. The maximum Gasteiger partial charge on any atom is 0.0454 e. The fourth-order valence-corrected chi connectivity index (χ4v) is 2.51. The van der Waals surface area contributed by atoms with Crippen molar-refractivity contribution in [2.75, 3.05) is 0 Å². The summed E-state index contributed by atoms with van der Waals surface area (Å²) in [4.78, 5) is 0. The van der Waals surface area contributed by atoms with E-state index < -0.39 is 0 Å². The molecular formula is C16H17Cl2N. The van der Waals surface area contributed by atoms with Crippen molar-refractivity contribution in [3.05, 3.63) is 69.2 Å². The highest BCUT2D eigenvalue weighted by Gasteiger charge is 2.09. The van der Waals surface area contributed by atoms with Crippen LogP contribution in [0.3, 0.4) is 0 Å². The van der Waals surface area contributed by atoms with E-state index in [0.29, 0.717) is 5.02 Å². The van der Waals surface area contributed by atoms with E-state index in [1.165, 1.54) is 11.1 Å². The minimum atomic E-state index is 0.159. The molecule has 0 aliphatic heterocycles. The molecule has 0 amide bonds. The molecule has 2 aromatic carbocycles. The molecule has 0 saturated carbocycles. The predicted molar refractivity (Wildman–Crippen MR) is 82.9 cm³/mol. The van der Waals surface area contributed by atoms with Gasteiger partial charge in [-0.25, -0.2) is 0 Å². The van der Waals surface area contributed by atoms with Crippen LogP contribution in [0.2, 0.25) is 10.0 Å². The van der Waals surface area contributed by atoms with E-state index in [4.69, 9.17) is 23.2 Å². The molecule has 0 saturated heterocycles. The third-order valence-corrected chi connectivity index (χ3v) is 3.70. The van der Waals surface area contributed by atoms with Gasteiger partial charge in [0.2, 0.25) is 0 Å². The normalized spacial score (nSPS) is 12.4. The van der Waals surface area contributed by atoms with Crippen molar-refractivity contribution in [3.63, 3.8) is 0 Å². The molecule has 0 fully saturated rings. The van der Waals surface area contributed by atoms with Gasteiger partial charge in [0.15, 0.2) is 0 Å². The molecule has 0 spiro atoms. The number of hydrogen-bond acceptors (Lipinski definition) is 1. The predicted octanol–water partition coefficient (Wildman–Crippen LogP) is 5.15. The number of nitrogens with one attached hydrogen (secondary N) is 1. The largest absolute Gasteiger partial charge is 0.306 e. The summed E-state index contributed by atoms with van der Waals surface area (Å²) in [6.45, 7) is 5.00. The summed E-state index contributed by atoms with van der Waals surface area (Å²) in [6, 6.07) is 14.2. The van der Waals surface area contributed by atoms with Crippen molar-refractivity contribution in [1.29, 1.82) is 0 Å². The van der Waals surface area contributed by atoms with Gasteiger partial charge >= 0.3 is 0 Å². The van der Waals surface area contributed by atoms with Gasteiger partial charge in [-0.1, -0.05) is 53.0 Å². The van der Waals surface area contributed by atoms with Crippen LogP contribution in [-0.2, 0) is 6.54 Å². The third kappa shape index (κ3) is 3.97. The van der Waals surface area contributed by atoms with Crippen LogP contribution in [0.25, 0.3) is 0 Å². The number of halogens is 2. The van der Waals surface area contributed by atoms with Gasteiger partial charge in [0.05, 0.1) is 0 Å². The van der Waals surface area contributed by atoms with Crippen LogP contribution < -0.4 is 5.32 Å². The van der Waals surface area contributed by atoms with Crippen molar-refractivity contribution in [2.45, 2.75) is 26.4 Å². The van der Waals surface area contributed by atoms with Crippen molar-refractivity contribution in [1.82, 2.24) is 5.32 Å². The second kappa shape index (κ2) is 6.42. The lowest BCUT2D eigenvalue weighted by Gasteiger charge is -2.16. The smallest absolute Gasteiger partial charge is 0.0454 e. The highest BCUT2D eigenvalue weighted by atomic mass is 35.5. The third-order valence-electron chi connectivity index (χ3n) is 3.12. The second-order valence-electron chi connectivity index (χ2n) is 4.76. The Bertz CT molecular complexity index is 566. The summed E-state index contributed by atoms with van der Waals surface area (Å²) in [5, 5.41) is 4.92. The first-order valence-electron chi connectivity index (χ1n) is 6.30. The summed E-state index contributed by atoms with van der Waals surface area (Å²) in [5.74, 6) is 0. The molecule has 1 atom stereocenters. The Morgan fingerprint density at radius 2 is 1.89 bits per heavy atom. The Kier molecular flexibility index (Phi) is 4.87. The van der Waals surface area contributed by atoms with Gasteiger partial charge in [-0.2, -0.15) is 0 Å². The first kappa shape index (κ1) is 14.4. The SMILES string of the molecule is Cc1cccc(CNC(C)c2cc(Cl)ccc2Cl)c1. The molecule has 0 aliphatic carbocycles. The summed E-state index contributed by atoms with van der Waals surface area (Å²) in [7, 11) is 0. The highest BCUT2D eigenvalue weighted by molar-refractivity contribution is 6.33. The van der Waals surface area contributed by atoms with Crippen molar-refractivity contribution < 1.29 is 0 Å². The highest BCUT2D eigenvalue weighted by Crippen LogP contribution is 2.26. The standard InChI is InChI=1S/C16H17Cl2N/c1-11-4-3-5-13(8-11)10-19-12(2)15-9-14(17)6-7-16(15)18/h3-9,12,19H,10H2,1-2H3. The van der Waals surface area contributed by atoms with E-state index in [-0.39, 0.29) is 6.04 Å².